The first-order chi connectivity index (χ1) is 7.09. The summed E-state index contributed by atoms with van der Waals surface area (Å²) < 4.78 is 0. The number of hydrogen-bond donors (Lipinski definition) is 1. The van der Waals surface area contributed by atoms with Crippen molar-refractivity contribution in [2.45, 2.75) is 32.7 Å². The van der Waals surface area contributed by atoms with Crippen LogP contribution in [0.5, 0.6) is 0 Å². The van der Waals surface area contributed by atoms with Gasteiger partial charge in [0.1, 0.15) is 5.78 Å². The molecule has 0 bridgehead atoms. The van der Waals surface area contributed by atoms with Crippen molar-refractivity contribution in [1.82, 2.24) is 0 Å². The Bertz CT molecular complexity index is 306. The van der Waals surface area contributed by atoms with Crippen molar-refractivity contribution >= 4 is 5.78 Å². The third-order valence-corrected chi connectivity index (χ3v) is 2.45. The van der Waals surface area contributed by atoms with Crippen LogP contribution in [0.3, 0.4) is 0 Å². The summed E-state index contributed by atoms with van der Waals surface area (Å²) in [6, 6.07) is 9.99. The predicted octanol–water partition coefficient (Wildman–Crippen LogP) is 2.17. The summed E-state index contributed by atoms with van der Waals surface area (Å²) in [6.07, 6.45) is 1.26. The molecule has 1 aromatic carbocycles. The maximum absolute atomic E-state index is 11.5. The molecule has 0 aromatic heterocycles. The van der Waals surface area contributed by atoms with Gasteiger partial charge in [-0.2, -0.15) is 0 Å². The van der Waals surface area contributed by atoms with Crippen LogP contribution in [0.4, 0.5) is 0 Å². The zero-order valence-corrected chi connectivity index (χ0v) is 9.44. The monoisotopic (exact) mass is 205 g/mol. The Morgan fingerprint density at radius 2 is 1.87 bits per heavy atom. The van der Waals surface area contributed by atoms with Gasteiger partial charge in [0, 0.05) is 18.4 Å². The maximum atomic E-state index is 11.5. The fourth-order valence-corrected chi connectivity index (χ4v) is 1.48. The highest BCUT2D eigenvalue weighted by atomic mass is 16.1. The Labute approximate surface area is 91.5 Å². The molecule has 1 unspecified atom stereocenters. The first-order valence-electron chi connectivity index (χ1n) is 5.42. The summed E-state index contributed by atoms with van der Waals surface area (Å²) in [6.45, 7) is 3.83. The Morgan fingerprint density at radius 1 is 1.27 bits per heavy atom. The van der Waals surface area contributed by atoms with Gasteiger partial charge >= 0.3 is 0 Å². The summed E-state index contributed by atoms with van der Waals surface area (Å²) in [5.74, 6) is 0.338. The van der Waals surface area contributed by atoms with Gasteiger partial charge in [-0.1, -0.05) is 44.2 Å². The van der Waals surface area contributed by atoms with E-state index in [4.69, 9.17) is 5.73 Å². The normalized spacial score (nSPS) is 12.8. The average molecular weight is 205 g/mol. The molecule has 0 aliphatic heterocycles. The minimum atomic E-state index is -0.0534. The van der Waals surface area contributed by atoms with Crippen molar-refractivity contribution in [3.63, 3.8) is 0 Å². The van der Waals surface area contributed by atoms with Crippen molar-refractivity contribution in [3.05, 3.63) is 35.9 Å². The van der Waals surface area contributed by atoms with Crippen molar-refractivity contribution in [2.75, 3.05) is 0 Å². The van der Waals surface area contributed by atoms with Crippen LogP contribution in [-0.2, 0) is 11.2 Å². The van der Waals surface area contributed by atoms with E-state index in [0.717, 1.165) is 6.42 Å². The molecule has 0 spiro atoms. The lowest BCUT2D eigenvalue weighted by atomic mass is 9.97. The molecule has 2 nitrogen and oxygen atoms in total. The lowest BCUT2D eigenvalue weighted by Gasteiger charge is -2.12. The third kappa shape index (κ3) is 4.26. The van der Waals surface area contributed by atoms with E-state index < -0.39 is 0 Å². The Balaban J connectivity index is 2.43. The molecule has 0 fully saturated rings. The Hall–Kier alpha value is -1.15. The van der Waals surface area contributed by atoms with E-state index in [1.54, 1.807) is 0 Å². The summed E-state index contributed by atoms with van der Waals surface area (Å²) >= 11 is 0. The maximum Gasteiger partial charge on any atom is 0.136 e. The molecule has 0 aliphatic rings. The van der Waals surface area contributed by atoms with Crippen LogP contribution >= 0.6 is 0 Å². The smallest absolute Gasteiger partial charge is 0.136 e. The van der Waals surface area contributed by atoms with Gasteiger partial charge in [-0.25, -0.2) is 0 Å². The van der Waals surface area contributed by atoms with E-state index >= 15 is 0 Å². The van der Waals surface area contributed by atoms with E-state index in [1.165, 1.54) is 5.56 Å². The molecule has 2 heteroatoms. The molecule has 0 amide bonds. The predicted molar refractivity (Wildman–Crippen MR) is 62.6 cm³/mol. The summed E-state index contributed by atoms with van der Waals surface area (Å²) in [5.41, 5.74) is 7.12. The van der Waals surface area contributed by atoms with Gasteiger partial charge in [0.05, 0.1) is 0 Å². The second kappa shape index (κ2) is 5.66. The molecule has 0 heterocycles. The fraction of sp³-hybridized carbons (Fsp3) is 0.462. The van der Waals surface area contributed by atoms with Gasteiger partial charge in [-0.15, -0.1) is 0 Å². The van der Waals surface area contributed by atoms with E-state index in [-0.39, 0.29) is 17.7 Å². The van der Waals surface area contributed by atoms with Crippen LogP contribution in [0.2, 0.25) is 0 Å². The van der Waals surface area contributed by atoms with E-state index in [9.17, 15) is 4.79 Å². The molecular weight excluding hydrogens is 186 g/mol. The number of ketones is 1. The molecule has 0 saturated carbocycles. The van der Waals surface area contributed by atoms with Crippen LogP contribution < -0.4 is 5.73 Å². The molecule has 15 heavy (non-hydrogen) atoms. The topological polar surface area (TPSA) is 43.1 Å². The van der Waals surface area contributed by atoms with Crippen molar-refractivity contribution < 1.29 is 4.79 Å². The van der Waals surface area contributed by atoms with Gasteiger partial charge in [0.25, 0.3) is 0 Å². The lowest BCUT2D eigenvalue weighted by molar-refractivity contribution is -0.122. The largest absolute Gasteiger partial charge is 0.327 e. The highest BCUT2D eigenvalue weighted by Gasteiger charge is 2.12. The zero-order valence-electron chi connectivity index (χ0n) is 9.44. The van der Waals surface area contributed by atoms with Crippen LogP contribution in [0.15, 0.2) is 30.3 Å². The molecule has 82 valence electrons. The first-order valence-corrected chi connectivity index (χ1v) is 5.42. The van der Waals surface area contributed by atoms with Crippen molar-refractivity contribution in [2.24, 2.45) is 11.7 Å². The Morgan fingerprint density at radius 3 is 2.40 bits per heavy atom. The van der Waals surface area contributed by atoms with Crippen LogP contribution in [0, 0.1) is 5.92 Å². The molecule has 0 saturated heterocycles. The molecular formula is C13H19NO. The van der Waals surface area contributed by atoms with Crippen molar-refractivity contribution in [3.8, 4) is 0 Å². The van der Waals surface area contributed by atoms with Crippen LogP contribution in [-0.4, -0.2) is 11.8 Å². The summed E-state index contributed by atoms with van der Waals surface area (Å²) in [4.78, 5) is 11.5. The summed E-state index contributed by atoms with van der Waals surface area (Å²) in [5, 5.41) is 0. The second-order valence-corrected chi connectivity index (χ2v) is 4.27. The minimum Gasteiger partial charge on any atom is -0.327 e. The molecule has 1 rings (SSSR count). The molecule has 0 radical (unpaired) electrons. The molecule has 2 N–H and O–H groups in total. The molecule has 1 aromatic rings. The Kier molecular flexibility index (Phi) is 4.50. The number of rotatable bonds is 5. The lowest BCUT2D eigenvalue weighted by Crippen LogP contribution is -2.27. The number of hydrogen-bond acceptors (Lipinski definition) is 2. The average Bonchev–Trinajstić information content (AvgIpc) is 2.18. The van der Waals surface area contributed by atoms with Crippen LogP contribution in [0.25, 0.3) is 0 Å². The van der Waals surface area contributed by atoms with Gasteiger partial charge in [0.15, 0.2) is 0 Å². The molecule has 1 atom stereocenters. The van der Waals surface area contributed by atoms with Gasteiger partial charge in [-0.05, 0) is 12.0 Å². The zero-order chi connectivity index (χ0) is 11.3. The first kappa shape index (κ1) is 11.9. The van der Waals surface area contributed by atoms with Crippen LogP contribution in [0.1, 0.15) is 25.8 Å². The SMILES string of the molecule is CC(C)C(=O)CC(N)Cc1ccccc1. The quantitative estimate of drug-likeness (QED) is 0.800. The number of carbonyl (C=O) groups excluding carboxylic acids is 1. The number of benzene rings is 1. The number of Topliss-reactive ketones (excluding diaryl/α,β-unsaturated/α-hetero) is 1. The van der Waals surface area contributed by atoms with E-state index in [1.807, 2.05) is 44.2 Å². The fourth-order valence-electron chi connectivity index (χ4n) is 1.48. The number of carbonyl (C=O) groups is 1. The van der Waals surface area contributed by atoms with Gasteiger partial charge < -0.3 is 5.73 Å². The van der Waals surface area contributed by atoms with Crippen molar-refractivity contribution in [1.29, 1.82) is 0 Å². The highest BCUT2D eigenvalue weighted by molar-refractivity contribution is 5.80. The molecule has 0 aliphatic carbocycles. The second-order valence-electron chi connectivity index (χ2n) is 4.27. The van der Waals surface area contributed by atoms with E-state index in [0.29, 0.717) is 6.42 Å². The van der Waals surface area contributed by atoms with Gasteiger partial charge in [0.2, 0.25) is 0 Å². The standard InChI is InChI=1S/C13H19NO/c1-10(2)13(15)9-12(14)8-11-6-4-3-5-7-11/h3-7,10,12H,8-9,14H2,1-2H3. The van der Waals surface area contributed by atoms with Gasteiger partial charge in [-0.3, -0.25) is 4.79 Å². The van der Waals surface area contributed by atoms with E-state index in [2.05, 4.69) is 0 Å². The summed E-state index contributed by atoms with van der Waals surface area (Å²) in [7, 11) is 0. The highest BCUT2D eigenvalue weighted by Crippen LogP contribution is 2.07. The third-order valence-electron chi connectivity index (χ3n) is 2.45. The number of nitrogens with two attached hydrogens (primary N) is 1. The minimum absolute atomic E-state index is 0.0534.